The van der Waals surface area contributed by atoms with Crippen LogP contribution in [-0.2, 0) is 4.79 Å². The molecule has 1 aromatic rings. The van der Waals surface area contributed by atoms with Crippen LogP contribution < -0.4 is 4.90 Å². The van der Waals surface area contributed by atoms with Gasteiger partial charge in [0.15, 0.2) is 0 Å². The van der Waals surface area contributed by atoms with E-state index >= 15 is 0 Å². The number of anilines is 1. The Bertz CT molecular complexity index is 484. The first-order chi connectivity index (χ1) is 9.70. The van der Waals surface area contributed by atoms with Crippen LogP contribution in [-0.4, -0.2) is 48.2 Å². The van der Waals surface area contributed by atoms with Crippen molar-refractivity contribution in [1.29, 1.82) is 5.26 Å². The average molecular weight is 273 g/mol. The molecule has 1 aliphatic rings. The molecule has 5 heteroatoms. The molecule has 0 bridgehead atoms. The zero-order valence-electron chi connectivity index (χ0n) is 11.4. The van der Waals surface area contributed by atoms with E-state index in [-0.39, 0.29) is 25.1 Å². The molecule has 0 unspecified atom stereocenters. The van der Waals surface area contributed by atoms with Crippen LogP contribution in [0.25, 0.3) is 0 Å². The number of β-amino-alcohol motifs (C(OH)–C–C–N with tert-alkyl or cyclic N) is 1. The minimum Gasteiger partial charge on any atom is -0.392 e. The molecular formula is C15H19N3O2. The highest BCUT2D eigenvalue weighted by molar-refractivity contribution is 5.95. The predicted octanol–water partition coefficient (Wildman–Crippen LogP) is 1.000. The van der Waals surface area contributed by atoms with Gasteiger partial charge in [0.2, 0.25) is 5.91 Å². The topological polar surface area (TPSA) is 67.6 Å². The highest BCUT2D eigenvalue weighted by Gasteiger charge is 2.23. The number of para-hydroxylation sites is 1. The standard InChI is InChI=1S/C15H19N3O2/c16-8-10-18(13-5-2-1-3-6-13)15(20)12-17-9-4-7-14(19)11-17/h1-3,5-6,14,19H,4,7,9-12H2/t14-/m0/s1. The summed E-state index contributed by atoms with van der Waals surface area (Å²) in [6.45, 7) is 1.63. The van der Waals surface area contributed by atoms with Crippen molar-refractivity contribution < 1.29 is 9.90 Å². The first-order valence-corrected chi connectivity index (χ1v) is 6.83. The molecule has 1 aromatic carbocycles. The fourth-order valence-electron chi connectivity index (χ4n) is 2.45. The van der Waals surface area contributed by atoms with E-state index in [0.717, 1.165) is 25.1 Å². The summed E-state index contributed by atoms with van der Waals surface area (Å²) in [4.78, 5) is 15.8. The van der Waals surface area contributed by atoms with Crippen LogP contribution in [0.5, 0.6) is 0 Å². The number of amides is 1. The second-order valence-electron chi connectivity index (χ2n) is 5.00. The number of nitrogens with zero attached hydrogens (tertiary/aromatic N) is 3. The Labute approximate surface area is 119 Å². The van der Waals surface area contributed by atoms with Crippen LogP contribution >= 0.6 is 0 Å². The molecule has 1 heterocycles. The summed E-state index contributed by atoms with van der Waals surface area (Å²) in [5.41, 5.74) is 0.733. The van der Waals surface area contributed by atoms with Crippen molar-refractivity contribution >= 4 is 11.6 Å². The van der Waals surface area contributed by atoms with Gasteiger partial charge >= 0.3 is 0 Å². The normalized spacial score (nSPS) is 19.3. The maximum absolute atomic E-state index is 12.4. The molecule has 0 saturated carbocycles. The SMILES string of the molecule is N#CCN(C(=O)CN1CCC[C@H](O)C1)c1ccccc1. The Hall–Kier alpha value is -1.90. The minimum absolute atomic E-state index is 0.0409. The van der Waals surface area contributed by atoms with Gasteiger partial charge in [0.1, 0.15) is 6.54 Å². The number of aliphatic hydroxyl groups is 1. The van der Waals surface area contributed by atoms with Crippen molar-refractivity contribution in [3.05, 3.63) is 30.3 Å². The van der Waals surface area contributed by atoms with E-state index in [2.05, 4.69) is 0 Å². The number of nitriles is 1. The van der Waals surface area contributed by atoms with Crippen molar-refractivity contribution in [1.82, 2.24) is 4.90 Å². The second kappa shape index (κ2) is 7.04. The lowest BCUT2D eigenvalue weighted by molar-refractivity contribution is -0.120. The summed E-state index contributed by atoms with van der Waals surface area (Å²) in [6, 6.07) is 11.2. The van der Waals surface area contributed by atoms with Crippen LogP contribution in [0.1, 0.15) is 12.8 Å². The number of carbonyl (C=O) groups is 1. The Morgan fingerprint density at radius 2 is 2.20 bits per heavy atom. The van der Waals surface area contributed by atoms with E-state index in [1.54, 1.807) is 0 Å². The second-order valence-corrected chi connectivity index (χ2v) is 5.00. The number of hydrogen-bond acceptors (Lipinski definition) is 4. The van der Waals surface area contributed by atoms with E-state index in [1.807, 2.05) is 41.3 Å². The Kier molecular flexibility index (Phi) is 5.10. The lowest BCUT2D eigenvalue weighted by atomic mass is 10.1. The molecule has 2 rings (SSSR count). The number of carbonyl (C=O) groups excluding carboxylic acids is 1. The number of aliphatic hydroxyl groups excluding tert-OH is 1. The van der Waals surface area contributed by atoms with Crippen molar-refractivity contribution in [2.75, 3.05) is 31.1 Å². The van der Waals surface area contributed by atoms with Gasteiger partial charge < -0.3 is 5.11 Å². The molecule has 1 aliphatic heterocycles. The van der Waals surface area contributed by atoms with Crippen LogP contribution in [0.4, 0.5) is 5.69 Å². The zero-order valence-corrected chi connectivity index (χ0v) is 11.4. The molecule has 0 radical (unpaired) electrons. The third-order valence-corrected chi connectivity index (χ3v) is 3.44. The largest absolute Gasteiger partial charge is 0.392 e. The van der Waals surface area contributed by atoms with Crippen LogP contribution in [0.2, 0.25) is 0 Å². The third kappa shape index (κ3) is 3.80. The Balaban J connectivity index is 2.02. The molecule has 0 spiro atoms. The summed E-state index contributed by atoms with van der Waals surface area (Å²) >= 11 is 0. The molecule has 1 amide bonds. The highest BCUT2D eigenvalue weighted by atomic mass is 16.3. The third-order valence-electron chi connectivity index (χ3n) is 3.44. The van der Waals surface area contributed by atoms with Gasteiger partial charge in [-0.05, 0) is 31.5 Å². The van der Waals surface area contributed by atoms with Crippen LogP contribution in [0, 0.1) is 11.3 Å². The summed E-state index contributed by atoms with van der Waals surface area (Å²) < 4.78 is 0. The summed E-state index contributed by atoms with van der Waals surface area (Å²) in [6.07, 6.45) is 1.35. The van der Waals surface area contributed by atoms with Crippen molar-refractivity contribution in [2.24, 2.45) is 0 Å². The molecule has 0 aromatic heterocycles. The van der Waals surface area contributed by atoms with Gasteiger partial charge in [0.25, 0.3) is 0 Å². The number of piperidine rings is 1. The maximum Gasteiger partial charge on any atom is 0.242 e. The highest BCUT2D eigenvalue weighted by Crippen LogP contribution is 2.15. The number of hydrogen-bond donors (Lipinski definition) is 1. The van der Waals surface area contributed by atoms with Crippen LogP contribution in [0.15, 0.2) is 30.3 Å². The van der Waals surface area contributed by atoms with Gasteiger partial charge in [-0.15, -0.1) is 0 Å². The van der Waals surface area contributed by atoms with Gasteiger partial charge in [-0.25, -0.2) is 0 Å². The van der Waals surface area contributed by atoms with Gasteiger partial charge in [-0.2, -0.15) is 5.26 Å². The van der Waals surface area contributed by atoms with Crippen molar-refractivity contribution in [2.45, 2.75) is 18.9 Å². The first-order valence-electron chi connectivity index (χ1n) is 6.83. The molecule has 1 saturated heterocycles. The number of likely N-dealkylation sites (tertiary alicyclic amines) is 1. The molecule has 5 nitrogen and oxygen atoms in total. The molecule has 20 heavy (non-hydrogen) atoms. The first kappa shape index (κ1) is 14.5. The fourth-order valence-corrected chi connectivity index (χ4v) is 2.45. The molecular weight excluding hydrogens is 254 g/mol. The average Bonchev–Trinajstić information content (AvgIpc) is 2.45. The van der Waals surface area contributed by atoms with E-state index in [0.29, 0.717) is 6.54 Å². The fraction of sp³-hybridized carbons (Fsp3) is 0.467. The van der Waals surface area contributed by atoms with Gasteiger partial charge in [0, 0.05) is 12.2 Å². The predicted molar refractivity (Wildman–Crippen MR) is 76.1 cm³/mol. The van der Waals surface area contributed by atoms with Crippen molar-refractivity contribution in [3.8, 4) is 6.07 Å². The Morgan fingerprint density at radius 3 is 2.85 bits per heavy atom. The van der Waals surface area contributed by atoms with Gasteiger partial charge in [-0.3, -0.25) is 14.6 Å². The van der Waals surface area contributed by atoms with E-state index < -0.39 is 0 Å². The summed E-state index contributed by atoms with van der Waals surface area (Å²) in [5, 5.41) is 18.5. The van der Waals surface area contributed by atoms with Gasteiger partial charge in [0.05, 0.1) is 18.7 Å². The maximum atomic E-state index is 12.4. The lowest BCUT2D eigenvalue weighted by Gasteiger charge is -2.31. The molecule has 1 N–H and O–H groups in total. The molecule has 1 atom stereocenters. The number of benzene rings is 1. The quantitative estimate of drug-likeness (QED) is 0.831. The zero-order chi connectivity index (χ0) is 14.4. The van der Waals surface area contributed by atoms with E-state index in [1.165, 1.54) is 4.90 Å². The molecule has 0 aliphatic carbocycles. The monoisotopic (exact) mass is 273 g/mol. The lowest BCUT2D eigenvalue weighted by Crippen LogP contribution is -2.45. The van der Waals surface area contributed by atoms with Gasteiger partial charge in [-0.1, -0.05) is 18.2 Å². The Morgan fingerprint density at radius 1 is 1.45 bits per heavy atom. The smallest absolute Gasteiger partial charge is 0.242 e. The van der Waals surface area contributed by atoms with E-state index in [4.69, 9.17) is 5.26 Å². The van der Waals surface area contributed by atoms with E-state index in [9.17, 15) is 9.90 Å². The van der Waals surface area contributed by atoms with Crippen molar-refractivity contribution in [3.63, 3.8) is 0 Å². The molecule has 106 valence electrons. The van der Waals surface area contributed by atoms with Crippen LogP contribution in [0.3, 0.4) is 0 Å². The summed E-state index contributed by atoms with van der Waals surface area (Å²) in [7, 11) is 0. The molecule has 1 fully saturated rings. The summed E-state index contributed by atoms with van der Waals surface area (Å²) in [5.74, 6) is -0.105. The minimum atomic E-state index is -0.349. The number of rotatable bonds is 4.